The van der Waals surface area contributed by atoms with E-state index in [1.807, 2.05) is 41.2 Å². The maximum Gasteiger partial charge on any atom is 0.260 e. The van der Waals surface area contributed by atoms with Crippen LogP contribution in [-0.4, -0.2) is 14.3 Å². The number of fused-ring (bicyclic) bond motifs is 1. The summed E-state index contributed by atoms with van der Waals surface area (Å²) in [6, 6.07) is 18.1. The number of carbonyl (C=O) groups is 1. The van der Waals surface area contributed by atoms with E-state index < -0.39 is 26.6 Å². The summed E-state index contributed by atoms with van der Waals surface area (Å²) in [7, 11) is -4.18. The highest BCUT2D eigenvalue weighted by Crippen LogP contribution is 2.19. The van der Waals surface area contributed by atoms with Gasteiger partial charge in [0.25, 0.3) is 10.0 Å². The SMILES string of the molecule is O=C(Cc1cccc2ccccc12)NNS(=O)(=O)c1ccccc1F. The topological polar surface area (TPSA) is 75.3 Å². The lowest BCUT2D eigenvalue weighted by atomic mass is 10.0. The zero-order chi connectivity index (χ0) is 17.9. The minimum Gasteiger partial charge on any atom is -0.277 e. The molecule has 0 aliphatic carbocycles. The van der Waals surface area contributed by atoms with Crippen molar-refractivity contribution >= 4 is 26.7 Å². The molecule has 0 unspecified atom stereocenters. The van der Waals surface area contributed by atoms with Crippen LogP contribution in [0, 0.1) is 5.82 Å². The fourth-order valence-electron chi connectivity index (χ4n) is 2.51. The third-order valence-corrected chi connectivity index (χ3v) is 4.96. The Kier molecular flexibility index (Phi) is 4.78. The van der Waals surface area contributed by atoms with Crippen LogP contribution >= 0.6 is 0 Å². The zero-order valence-electron chi connectivity index (χ0n) is 13.1. The van der Waals surface area contributed by atoms with Crippen molar-refractivity contribution in [1.82, 2.24) is 10.3 Å². The second-order valence-electron chi connectivity index (χ2n) is 5.40. The van der Waals surface area contributed by atoms with Gasteiger partial charge in [-0.3, -0.25) is 10.2 Å². The van der Waals surface area contributed by atoms with Gasteiger partial charge in [0.15, 0.2) is 0 Å². The lowest BCUT2D eigenvalue weighted by molar-refractivity contribution is -0.120. The number of halogens is 1. The number of rotatable bonds is 5. The highest BCUT2D eigenvalue weighted by molar-refractivity contribution is 7.89. The summed E-state index contributed by atoms with van der Waals surface area (Å²) in [5.41, 5.74) is 2.88. The number of benzene rings is 3. The third-order valence-electron chi connectivity index (χ3n) is 3.68. The first-order valence-electron chi connectivity index (χ1n) is 7.49. The molecule has 7 heteroatoms. The summed E-state index contributed by atoms with van der Waals surface area (Å²) >= 11 is 0. The fraction of sp³-hybridized carbons (Fsp3) is 0.0556. The summed E-state index contributed by atoms with van der Waals surface area (Å²) < 4.78 is 37.7. The molecule has 0 atom stereocenters. The van der Waals surface area contributed by atoms with Gasteiger partial charge in [-0.15, -0.1) is 4.83 Å². The normalized spacial score (nSPS) is 11.4. The Hall–Kier alpha value is -2.77. The van der Waals surface area contributed by atoms with Gasteiger partial charge in [-0.1, -0.05) is 54.6 Å². The number of carbonyl (C=O) groups excluding carboxylic acids is 1. The molecule has 3 aromatic carbocycles. The minimum atomic E-state index is -4.18. The Morgan fingerprint density at radius 3 is 2.40 bits per heavy atom. The number of sulfonamides is 1. The molecule has 0 aromatic heterocycles. The summed E-state index contributed by atoms with van der Waals surface area (Å²) in [5, 5.41) is 1.90. The maximum absolute atomic E-state index is 13.6. The standard InChI is InChI=1S/C18H15FN2O3S/c19-16-10-3-4-11-17(16)25(23,24)21-20-18(22)12-14-8-5-7-13-6-1-2-9-15(13)14/h1-11,21H,12H2,(H,20,22). The van der Waals surface area contributed by atoms with E-state index in [9.17, 15) is 17.6 Å². The van der Waals surface area contributed by atoms with Crippen molar-refractivity contribution in [2.75, 3.05) is 0 Å². The van der Waals surface area contributed by atoms with Gasteiger partial charge in [0, 0.05) is 0 Å². The van der Waals surface area contributed by atoms with Crippen molar-refractivity contribution < 1.29 is 17.6 Å². The predicted octanol–water partition coefficient (Wildman–Crippen LogP) is 2.53. The fourth-order valence-corrected chi connectivity index (χ4v) is 3.45. The average Bonchev–Trinajstić information content (AvgIpc) is 2.61. The molecule has 0 saturated carbocycles. The monoisotopic (exact) mass is 358 g/mol. The van der Waals surface area contributed by atoms with Crippen LogP contribution in [0.15, 0.2) is 71.6 Å². The zero-order valence-corrected chi connectivity index (χ0v) is 13.9. The highest BCUT2D eigenvalue weighted by Gasteiger charge is 2.19. The molecular weight excluding hydrogens is 343 g/mol. The molecule has 3 rings (SSSR count). The van der Waals surface area contributed by atoms with E-state index in [1.165, 1.54) is 12.1 Å². The van der Waals surface area contributed by atoms with Crippen molar-refractivity contribution in [3.63, 3.8) is 0 Å². The van der Waals surface area contributed by atoms with Gasteiger partial charge >= 0.3 is 0 Å². The van der Waals surface area contributed by atoms with Crippen molar-refractivity contribution in [3.05, 3.63) is 78.1 Å². The van der Waals surface area contributed by atoms with Gasteiger partial charge in [-0.2, -0.15) is 0 Å². The lowest BCUT2D eigenvalue weighted by Gasteiger charge is -2.10. The molecule has 5 nitrogen and oxygen atoms in total. The summed E-state index contributed by atoms with van der Waals surface area (Å²) in [5.74, 6) is -1.44. The van der Waals surface area contributed by atoms with Gasteiger partial charge in [-0.25, -0.2) is 12.8 Å². The Morgan fingerprint density at radius 1 is 0.920 bits per heavy atom. The molecule has 0 heterocycles. The van der Waals surface area contributed by atoms with E-state index in [2.05, 4.69) is 5.43 Å². The quantitative estimate of drug-likeness (QED) is 0.688. The molecule has 0 bridgehead atoms. The van der Waals surface area contributed by atoms with Crippen LogP contribution in [0.1, 0.15) is 5.56 Å². The predicted molar refractivity (Wildman–Crippen MR) is 92.5 cm³/mol. The molecule has 3 aromatic rings. The highest BCUT2D eigenvalue weighted by atomic mass is 32.2. The van der Waals surface area contributed by atoms with Crippen LogP contribution in [0.25, 0.3) is 10.8 Å². The Balaban J connectivity index is 1.72. The molecule has 0 radical (unpaired) electrons. The van der Waals surface area contributed by atoms with Crippen LogP contribution in [0.5, 0.6) is 0 Å². The number of amides is 1. The molecule has 128 valence electrons. The van der Waals surface area contributed by atoms with E-state index in [0.29, 0.717) is 0 Å². The van der Waals surface area contributed by atoms with E-state index in [4.69, 9.17) is 0 Å². The Morgan fingerprint density at radius 2 is 1.60 bits per heavy atom. The summed E-state index contributed by atoms with van der Waals surface area (Å²) in [6.45, 7) is 0. The van der Waals surface area contributed by atoms with Crippen LogP contribution in [0.4, 0.5) is 4.39 Å². The van der Waals surface area contributed by atoms with E-state index >= 15 is 0 Å². The second kappa shape index (κ2) is 7.00. The van der Waals surface area contributed by atoms with Gasteiger partial charge in [0.2, 0.25) is 5.91 Å². The number of hydrogen-bond acceptors (Lipinski definition) is 3. The number of nitrogens with one attached hydrogen (secondary N) is 2. The first-order chi connectivity index (χ1) is 12.0. The van der Waals surface area contributed by atoms with Crippen molar-refractivity contribution in [1.29, 1.82) is 0 Å². The molecule has 0 aliphatic heterocycles. The second-order valence-corrected chi connectivity index (χ2v) is 7.05. The van der Waals surface area contributed by atoms with Crippen LogP contribution in [-0.2, 0) is 21.2 Å². The van der Waals surface area contributed by atoms with Crippen LogP contribution in [0.2, 0.25) is 0 Å². The molecule has 1 amide bonds. The average molecular weight is 358 g/mol. The van der Waals surface area contributed by atoms with Gasteiger partial charge in [0.05, 0.1) is 6.42 Å². The Labute approximate surface area is 144 Å². The lowest BCUT2D eigenvalue weighted by Crippen LogP contribution is -2.42. The van der Waals surface area contributed by atoms with Crippen molar-refractivity contribution in [2.24, 2.45) is 0 Å². The first kappa shape index (κ1) is 17.1. The van der Waals surface area contributed by atoms with Crippen molar-refractivity contribution in [3.8, 4) is 0 Å². The number of hydrazine groups is 1. The molecule has 2 N–H and O–H groups in total. The molecule has 0 spiro atoms. The van der Waals surface area contributed by atoms with E-state index in [0.717, 1.165) is 28.5 Å². The molecular formula is C18H15FN2O3S. The molecule has 0 saturated heterocycles. The molecule has 0 fully saturated rings. The van der Waals surface area contributed by atoms with Crippen LogP contribution in [0.3, 0.4) is 0 Å². The molecule has 25 heavy (non-hydrogen) atoms. The van der Waals surface area contributed by atoms with Crippen LogP contribution < -0.4 is 10.3 Å². The smallest absolute Gasteiger partial charge is 0.260 e. The third kappa shape index (κ3) is 3.84. The minimum absolute atomic E-state index is 0.0128. The van der Waals surface area contributed by atoms with Crippen molar-refractivity contribution in [2.45, 2.75) is 11.3 Å². The summed E-state index contributed by atoms with van der Waals surface area (Å²) in [6.07, 6.45) is -0.0128. The van der Waals surface area contributed by atoms with Gasteiger partial charge in [0.1, 0.15) is 10.7 Å². The summed E-state index contributed by atoms with van der Waals surface area (Å²) in [4.78, 5) is 13.5. The number of hydrogen-bond donors (Lipinski definition) is 2. The van der Waals surface area contributed by atoms with E-state index in [1.54, 1.807) is 6.07 Å². The maximum atomic E-state index is 13.6. The van der Waals surface area contributed by atoms with E-state index in [-0.39, 0.29) is 6.42 Å². The first-order valence-corrected chi connectivity index (χ1v) is 8.97. The largest absolute Gasteiger partial charge is 0.277 e. The molecule has 0 aliphatic rings. The Bertz CT molecular complexity index is 1030. The van der Waals surface area contributed by atoms with Gasteiger partial charge < -0.3 is 0 Å². The van der Waals surface area contributed by atoms with Gasteiger partial charge in [-0.05, 0) is 28.5 Å².